The van der Waals surface area contributed by atoms with Gasteiger partial charge in [0.15, 0.2) is 0 Å². The molecule has 1 saturated heterocycles. The summed E-state index contributed by atoms with van der Waals surface area (Å²) in [6, 6.07) is 2.18. The van der Waals surface area contributed by atoms with E-state index in [2.05, 4.69) is 45.5 Å². The van der Waals surface area contributed by atoms with Crippen LogP contribution >= 0.6 is 22.6 Å². The molecule has 1 fully saturated rings. The molecule has 1 atom stereocenters. The maximum absolute atomic E-state index is 12.4. The standard InChI is InChI=1S/C18H24IN3O2/c1-11-8-13-14(15(19)21-16(13)20-9-11)12-6-5-7-22(10-12)17(23)24-18(2,3)4/h8-9,12H,5-7,10H2,1-4H3,(H,20,21)/t12-/m1/s1. The van der Waals surface area contributed by atoms with Gasteiger partial charge in [-0.25, -0.2) is 9.78 Å². The Hall–Kier alpha value is -1.31. The smallest absolute Gasteiger partial charge is 0.410 e. The van der Waals surface area contributed by atoms with Crippen molar-refractivity contribution in [2.24, 2.45) is 0 Å². The minimum absolute atomic E-state index is 0.212. The molecule has 0 spiro atoms. The van der Waals surface area contributed by atoms with E-state index in [0.29, 0.717) is 12.5 Å². The number of aromatic amines is 1. The van der Waals surface area contributed by atoms with Gasteiger partial charge in [-0.05, 0) is 80.3 Å². The van der Waals surface area contributed by atoms with Crippen LogP contribution < -0.4 is 0 Å². The van der Waals surface area contributed by atoms with E-state index < -0.39 is 5.60 Å². The Morgan fingerprint density at radius 1 is 1.46 bits per heavy atom. The average Bonchev–Trinajstić information content (AvgIpc) is 2.81. The Bertz CT molecular complexity index is 763. The van der Waals surface area contributed by atoms with Crippen molar-refractivity contribution in [1.29, 1.82) is 0 Å². The topological polar surface area (TPSA) is 58.2 Å². The molecule has 6 heteroatoms. The van der Waals surface area contributed by atoms with Crippen LogP contribution in [0.15, 0.2) is 12.3 Å². The van der Waals surface area contributed by atoms with E-state index in [1.165, 1.54) is 10.9 Å². The number of carbonyl (C=O) groups excluding carboxylic acids is 1. The van der Waals surface area contributed by atoms with E-state index in [1.807, 2.05) is 31.9 Å². The monoisotopic (exact) mass is 441 g/mol. The zero-order chi connectivity index (χ0) is 17.5. The molecular formula is C18H24IN3O2. The second-order valence-electron chi connectivity index (χ2n) is 7.53. The maximum Gasteiger partial charge on any atom is 0.410 e. The zero-order valence-corrected chi connectivity index (χ0v) is 16.8. The minimum Gasteiger partial charge on any atom is -0.444 e. The van der Waals surface area contributed by atoms with Crippen LogP contribution in [0.25, 0.3) is 11.0 Å². The molecule has 5 nitrogen and oxygen atoms in total. The SMILES string of the molecule is Cc1cnc2[nH]c(I)c([C@@H]3CCCN(C(=O)OC(C)(C)C)C3)c2c1. The number of aryl methyl sites for hydroxylation is 1. The molecule has 0 aromatic carbocycles. The summed E-state index contributed by atoms with van der Waals surface area (Å²) in [4.78, 5) is 22.1. The van der Waals surface area contributed by atoms with E-state index in [4.69, 9.17) is 4.74 Å². The number of nitrogens with one attached hydrogen (secondary N) is 1. The Morgan fingerprint density at radius 2 is 2.21 bits per heavy atom. The lowest BCUT2D eigenvalue weighted by Crippen LogP contribution is -2.42. The largest absolute Gasteiger partial charge is 0.444 e. The van der Waals surface area contributed by atoms with Gasteiger partial charge < -0.3 is 14.6 Å². The van der Waals surface area contributed by atoms with Crippen LogP contribution in [-0.4, -0.2) is 39.7 Å². The Balaban J connectivity index is 1.86. The molecule has 1 aliphatic heterocycles. The van der Waals surface area contributed by atoms with Crippen LogP contribution in [0, 0.1) is 10.6 Å². The van der Waals surface area contributed by atoms with Gasteiger partial charge in [-0.2, -0.15) is 0 Å². The zero-order valence-electron chi connectivity index (χ0n) is 14.6. The number of aromatic nitrogens is 2. The number of piperidine rings is 1. The van der Waals surface area contributed by atoms with Crippen LogP contribution in [0.4, 0.5) is 4.79 Å². The molecule has 1 amide bonds. The lowest BCUT2D eigenvalue weighted by atomic mass is 9.90. The van der Waals surface area contributed by atoms with Gasteiger partial charge in [0.25, 0.3) is 0 Å². The van der Waals surface area contributed by atoms with E-state index in [1.54, 1.807) is 0 Å². The Morgan fingerprint density at radius 3 is 2.92 bits per heavy atom. The lowest BCUT2D eigenvalue weighted by Gasteiger charge is -2.34. The number of amides is 1. The lowest BCUT2D eigenvalue weighted by molar-refractivity contribution is 0.0198. The second kappa shape index (κ2) is 6.54. The van der Waals surface area contributed by atoms with Crippen LogP contribution in [-0.2, 0) is 4.74 Å². The fourth-order valence-corrected chi connectivity index (χ4v) is 4.25. The normalized spacial score (nSPS) is 18.9. The molecule has 2 aromatic rings. The summed E-state index contributed by atoms with van der Waals surface area (Å²) in [5, 5.41) is 1.18. The van der Waals surface area contributed by atoms with Crippen molar-refractivity contribution in [2.75, 3.05) is 13.1 Å². The van der Waals surface area contributed by atoms with Crippen LogP contribution in [0.5, 0.6) is 0 Å². The molecular weight excluding hydrogens is 417 g/mol. The third-order valence-corrected chi connectivity index (χ3v) is 5.11. The molecule has 0 unspecified atom stereocenters. The molecule has 0 bridgehead atoms. The Kier molecular flexibility index (Phi) is 4.77. The minimum atomic E-state index is -0.458. The fraction of sp³-hybridized carbons (Fsp3) is 0.556. The summed E-state index contributed by atoms with van der Waals surface area (Å²) in [5.74, 6) is 0.315. The summed E-state index contributed by atoms with van der Waals surface area (Å²) in [6.45, 7) is 9.24. The quantitative estimate of drug-likeness (QED) is 0.659. The first-order valence-electron chi connectivity index (χ1n) is 8.36. The third kappa shape index (κ3) is 3.68. The van der Waals surface area contributed by atoms with Crippen molar-refractivity contribution in [1.82, 2.24) is 14.9 Å². The van der Waals surface area contributed by atoms with Gasteiger partial charge in [0, 0.05) is 30.6 Å². The first-order valence-corrected chi connectivity index (χ1v) is 9.44. The molecule has 24 heavy (non-hydrogen) atoms. The number of fused-ring (bicyclic) bond motifs is 1. The van der Waals surface area contributed by atoms with Crippen molar-refractivity contribution < 1.29 is 9.53 Å². The van der Waals surface area contributed by atoms with Crippen molar-refractivity contribution >= 4 is 39.7 Å². The third-order valence-electron chi connectivity index (χ3n) is 4.26. The van der Waals surface area contributed by atoms with E-state index in [-0.39, 0.29) is 6.09 Å². The van der Waals surface area contributed by atoms with Gasteiger partial charge in [-0.3, -0.25) is 0 Å². The highest BCUT2D eigenvalue weighted by atomic mass is 127. The summed E-state index contributed by atoms with van der Waals surface area (Å²) in [5.41, 5.74) is 2.91. The Labute approximate surface area is 156 Å². The van der Waals surface area contributed by atoms with E-state index in [0.717, 1.165) is 34.3 Å². The number of H-pyrrole nitrogens is 1. The van der Waals surface area contributed by atoms with Crippen molar-refractivity contribution in [3.63, 3.8) is 0 Å². The van der Waals surface area contributed by atoms with Gasteiger partial charge in [0.1, 0.15) is 11.2 Å². The first-order chi connectivity index (χ1) is 11.2. The number of ether oxygens (including phenoxy) is 1. The second-order valence-corrected chi connectivity index (χ2v) is 8.61. The number of carbonyl (C=O) groups is 1. The van der Waals surface area contributed by atoms with Gasteiger partial charge in [0.05, 0.1) is 3.70 Å². The fourth-order valence-electron chi connectivity index (χ4n) is 3.27. The molecule has 0 saturated carbocycles. The summed E-state index contributed by atoms with van der Waals surface area (Å²) in [7, 11) is 0. The highest BCUT2D eigenvalue weighted by molar-refractivity contribution is 14.1. The van der Waals surface area contributed by atoms with Crippen molar-refractivity contribution in [3.8, 4) is 0 Å². The number of pyridine rings is 1. The van der Waals surface area contributed by atoms with Crippen LogP contribution in [0.2, 0.25) is 0 Å². The molecule has 3 rings (SSSR count). The van der Waals surface area contributed by atoms with Gasteiger partial charge in [0.2, 0.25) is 0 Å². The predicted octanol–water partition coefficient (Wildman–Crippen LogP) is 4.59. The maximum atomic E-state index is 12.4. The molecule has 1 N–H and O–H groups in total. The summed E-state index contributed by atoms with van der Waals surface area (Å²) >= 11 is 2.34. The van der Waals surface area contributed by atoms with Gasteiger partial charge in [-0.15, -0.1) is 0 Å². The van der Waals surface area contributed by atoms with E-state index >= 15 is 0 Å². The molecule has 130 valence electrons. The van der Waals surface area contributed by atoms with Gasteiger partial charge >= 0.3 is 6.09 Å². The number of likely N-dealkylation sites (tertiary alicyclic amines) is 1. The van der Waals surface area contributed by atoms with Crippen molar-refractivity contribution in [2.45, 2.75) is 52.1 Å². The van der Waals surface area contributed by atoms with E-state index in [9.17, 15) is 4.79 Å². The van der Waals surface area contributed by atoms with Crippen LogP contribution in [0.1, 0.15) is 50.7 Å². The molecule has 3 heterocycles. The molecule has 0 aliphatic carbocycles. The number of rotatable bonds is 1. The van der Waals surface area contributed by atoms with Crippen molar-refractivity contribution in [3.05, 3.63) is 27.1 Å². The average molecular weight is 441 g/mol. The first kappa shape index (κ1) is 17.5. The number of nitrogens with zero attached hydrogens (tertiary/aromatic N) is 2. The van der Waals surface area contributed by atoms with Crippen LogP contribution in [0.3, 0.4) is 0 Å². The number of halogens is 1. The summed E-state index contributed by atoms with van der Waals surface area (Å²) in [6.07, 6.45) is 3.74. The highest BCUT2D eigenvalue weighted by Crippen LogP contribution is 2.35. The van der Waals surface area contributed by atoms with Gasteiger partial charge in [-0.1, -0.05) is 0 Å². The predicted molar refractivity (Wildman–Crippen MR) is 103 cm³/mol. The molecule has 2 aromatic heterocycles. The highest BCUT2D eigenvalue weighted by Gasteiger charge is 2.30. The number of hydrogen-bond acceptors (Lipinski definition) is 3. The number of hydrogen-bond donors (Lipinski definition) is 1. The molecule has 1 aliphatic rings. The molecule has 0 radical (unpaired) electrons. The summed E-state index contributed by atoms with van der Waals surface area (Å²) < 4.78 is 6.67.